The number of carbonyl (C=O) groups excluding carboxylic acids is 3. The Balaban J connectivity index is 2.28. The van der Waals surface area contributed by atoms with Gasteiger partial charge in [-0.2, -0.15) is 0 Å². The predicted molar refractivity (Wildman–Crippen MR) is 97.0 cm³/mol. The summed E-state index contributed by atoms with van der Waals surface area (Å²) >= 11 is 0. The van der Waals surface area contributed by atoms with Gasteiger partial charge in [0.05, 0.1) is 0 Å². The minimum absolute atomic E-state index is 0.0754. The molecular weight excluding hydrogens is 350 g/mol. The molecule has 142 valence electrons. The Kier molecular flexibility index (Phi) is 6.65. The van der Waals surface area contributed by atoms with E-state index in [-0.39, 0.29) is 23.7 Å². The Hall–Kier alpha value is -3.22. The van der Waals surface area contributed by atoms with Crippen molar-refractivity contribution in [3.05, 3.63) is 69.8 Å². The lowest BCUT2D eigenvalue weighted by molar-refractivity contribution is -0.145. The number of nitrogens with one attached hydrogen (secondary N) is 1. The molecule has 0 aliphatic heterocycles. The van der Waals surface area contributed by atoms with Gasteiger partial charge >= 0.3 is 5.97 Å². The summed E-state index contributed by atoms with van der Waals surface area (Å²) in [5.41, 5.74) is -0.329. The van der Waals surface area contributed by atoms with E-state index in [1.807, 2.05) is 13.8 Å². The molecule has 7 nitrogen and oxygen atoms in total. The van der Waals surface area contributed by atoms with Gasteiger partial charge in [-0.05, 0) is 5.92 Å². The first-order valence-electron chi connectivity index (χ1n) is 8.47. The largest absolute Gasteiger partial charge is 0.464 e. The number of esters is 1. The van der Waals surface area contributed by atoms with Crippen LogP contribution in [0.1, 0.15) is 55.0 Å². The van der Waals surface area contributed by atoms with Crippen LogP contribution in [0.2, 0.25) is 0 Å². The van der Waals surface area contributed by atoms with E-state index < -0.39 is 29.3 Å². The fourth-order valence-electron chi connectivity index (χ4n) is 2.43. The summed E-state index contributed by atoms with van der Waals surface area (Å²) in [5, 5.41) is 2.16. The molecule has 0 spiro atoms. The standard InChI is InChI=1S/C20H21NO6/c1-12(2)9-18(24)21-20(25)15-11-26-17(10-16(15)23)19(27-13(3)22)14-7-5-4-6-8-14/h4-8,10-12,19H,9H2,1-3H3,(H,21,24,25). The third kappa shape index (κ3) is 5.64. The van der Waals surface area contributed by atoms with E-state index in [0.29, 0.717) is 5.56 Å². The Morgan fingerprint density at radius 3 is 2.37 bits per heavy atom. The second kappa shape index (κ2) is 8.93. The highest BCUT2D eigenvalue weighted by Crippen LogP contribution is 2.25. The average Bonchev–Trinajstić information content (AvgIpc) is 2.59. The van der Waals surface area contributed by atoms with Gasteiger partial charge in [0, 0.05) is 25.0 Å². The van der Waals surface area contributed by atoms with E-state index in [4.69, 9.17) is 9.15 Å². The zero-order valence-electron chi connectivity index (χ0n) is 15.4. The Labute approximate surface area is 156 Å². The summed E-state index contributed by atoms with van der Waals surface area (Å²) in [6, 6.07) is 9.84. The van der Waals surface area contributed by atoms with Gasteiger partial charge in [-0.3, -0.25) is 24.5 Å². The monoisotopic (exact) mass is 371 g/mol. The molecule has 1 N–H and O–H groups in total. The molecule has 7 heteroatoms. The minimum Gasteiger partial charge on any atom is -0.464 e. The number of hydrogen-bond donors (Lipinski definition) is 1. The second-order valence-corrected chi connectivity index (χ2v) is 6.44. The summed E-state index contributed by atoms with van der Waals surface area (Å²) in [5.74, 6) is -1.70. The number of amides is 2. The van der Waals surface area contributed by atoms with E-state index in [0.717, 1.165) is 12.3 Å². The van der Waals surface area contributed by atoms with Crippen molar-refractivity contribution in [1.29, 1.82) is 0 Å². The molecular formula is C20H21NO6. The maximum absolute atomic E-state index is 12.3. The van der Waals surface area contributed by atoms with E-state index in [1.54, 1.807) is 30.3 Å². The van der Waals surface area contributed by atoms with Crippen molar-refractivity contribution < 1.29 is 23.5 Å². The molecule has 1 atom stereocenters. The van der Waals surface area contributed by atoms with Gasteiger partial charge in [0.1, 0.15) is 11.8 Å². The van der Waals surface area contributed by atoms with Crippen molar-refractivity contribution in [1.82, 2.24) is 5.32 Å². The number of hydrogen-bond acceptors (Lipinski definition) is 6. The highest BCUT2D eigenvalue weighted by atomic mass is 16.5. The van der Waals surface area contributed by atoms with Crippen molar-refractivity contribution in [2.75, 3.05) is 0 Å². The summed E-state index contributed by atoms with van der Waals surface area (Å²) < 4.78 is 10.7. The zero-order chi connectivity index (χ0) is 20.0. The lowest BCUT2D eigenvalue weighted by atomic mass is 10.1. The molecule has 0 aliphatic carbocycles. The quantitative estimate of drug-likeness (QED) is 0.783. The molecule has 0 bridgehead atoms. The fraction of sp³-hybridized carbons (Fsp3) is 0.300. The predicted octanol–water partition coefficient (Wildman–Crippen LogP) is 2.59. The van der Waals surface area contributed by atoms with Crippen LogP contribution in [0.25, 0.3) is 0 Å². The molecule has 2 aromatic rings. The number of ether oxygens (including phenoxy) is 1. The summed E-state index contributed by atoms with van der Waals surface area (Å²) in [4.78, 5) is 47.6. The van der Waals surface area contributed by atoms with Gasteiger partial charge in [-0.15, -0.1) is 0 Å². The molecule has 1 heterocycles. The van der Waals surface area contributed by atoms with Crippen LogP contribution in [-0.4, -0.2) is 17.8 Å². The molecule has 0 saturated carbocycles. The smallest absolute Gasteiger partial charge is 0.303 e. The average molecular weight is 371 g/mol. The van der Waals surface area contributed by atoms with Crippen molar-refractivity contribution in [2.45, 2.75) is 33.3 Å². The number of imide groups is 1. The first kappa shape index (κ1) is 20.1. The van der Waals surface area contributed by atoms with Crippen molar-refractivity contribution in [2.24, 2.45) is 5.92 Å². The molecule has 1 unspecified atom stereocenters. The normalized spacial score (nSPS) is 11.7. The maximum atomic E-state index is 12.3. The maximum Gasteiger partial charge on any atom is 0.303 e. The number of benzene rings is 1. The van der Waals surface area contributed by atoms with Crippen LogP contribution in [-0.2, 0) is 14.3 Å². The summed E-state index contributed by atoms with van der Waals surface area (Å²) in [7, 11) is 0. The van der Waals surface area contributed by atoms with E-state index in [1.165, 1.54) is 6.92 Å². The Morgan fingerprint density at radius 2 is 1.81 bits per heavy atom. The van der Waals surface area contributed by atoms with Gasteiger partial charge < -0.3 is 9.15 Å². The van der Waals surface area contributed by atoms with Crippen LogP contribution in [0, 0.1) is 5.92 Å². The molecule has 0 fully saturated rings. The summed E-state index contributed by atoms with van der Waals surface area (Å²) in [6.45, 7) is 4.92. The molecule has 1 aromatic heterocycles. The van der Waals surface area contributed by atoms with E-state index in [2.05, 4.69) is 5.32 Å². The lowest BCUT2D eigenvalue weighted by Crippen LogP contribution is -2.34. The first-order valence-corrected chi connectivity index (χ1v) is 8.47. The van der Waals surface area contributed by atoms with Gasteiger partial charge in [0.2, 0.25) is 5.91 Å². The highest BCUT2D eigenvalue weighted by Gasteiger charge is 2.23. The third-order valence-corrected chi connectivity index (χ3v) is 3.59. The fourth-order valence-corrected chi connectivity index (χ4v) is 2.43. The van der Waals surface area contributed by atoms with E-state index in [9.17, 15) is 19.2 Å². The first-order chi connectivity index (χ1) is 12.8. The van der Waals surface area contributed by atoms with Crippen LogP contribution in [0.4, 0.5) is 0 Å². The lowest BCUT2D eigenvalue weighted by Gasteiger charge is -2.16. The van der Waals surface area contributed by atoms with Crippen LogP contribution < -0.4 is 10.7 Å². The van der Waals surface area contributed by atoms with Crippen LogP contribution in [0.5, 0.6) is 0 Å². The molecule has 2 rings (SSSR count). The van der Waals surface area contributed by atoms with Gasteiger partial charge in [-0.25, -0.2) is 0 Å². The van der Waals surface area contributed by atoms with E-state index >= 15 is 0 Å². The molecule has 0 radical (unpaired) electrons. The molecule has 27 heavy (non-hydrogen) atoms. The molecule has 0 aliphatic rings. The van der Waals surface area contributed by atoms with Gasteiger partial charge in [0.15, 0.2) is 17.3 Å². The molecule has 0 saturated heterocycles. The highest BCUT2D eigenvalue weighted by molar-refractivity contribution is 6.04. The molecule has 1 aromatic carbocycles. The minimum atomic E-state index is -0.920. The van der Waals surface area contributed by atoms with Crippen LogP contribution in [0.3, 0.4) is 0 Å². The van der Waals surface area contributed by atoms with Crippen molar-refractivity contribution in [3.8, 4) is 0 Å². The second-order valence-electron chi connectivity index (χ2n) is 6.44. The van der Waals surface area contributed by atoms with Crippen LogP contribution >= 0.6 is 0 Å². The molecule has 2 amide bonds. The zero-order valence-corrected chi connectivity index (χ0v) is 15.4. The third-order valence-electron chi connectivity index (χ3n) is 3.59. The summed E-state index contributed by atoms with van der Waals surface area (Å²) in [6.07, 6.45) is 0.211. The number of rotatable bonds is 6. The van der Waals surface area contributed by atoms with Crippen molar-refractivity contribution >= 4 is 17.8 Å². The van der Waals surface area contributed by atoms with Gasteiger partial charge in [-0.1, -0.05) is 44.2 Å². The number of carbonyl (C=O) groups is 3. The van der Waals surface area contributed by atoms with Gasteiger partial charge in [0.25, 0.3) is 5.91 Å². The Bertz CT molecular complexity index is 885. The Morgan fingerprint density at radius 1 is 1.15 bits per heavy atom. The topological polar surface area (TPSA) is 103 Å². The van der Waals surface area contributed by atoms with Crippen molar-refractivity contribution in [3.63, 3.8) is 0 Å². The van der Waals surface area contributed by atoms with Crippen LogP contribution in [0.15, 0.2) is 51.9 Å². The SMILES string of the molecule is CC(=O)OC(c1ccccc1)c1cc(=O)c(C(=O)NC(=O)CC(C)C)co1.